The summed E-state index contributed by atoms with van der Waals surface area (Å²) in [5.41, 5.74) is 2.13. The van der Waals surface area contributed by atoms with Crippen molar-refractivity contribution in [1.29, 1.82) is 0 Å². The molecule has 1 atom stereocenters. The average molecular weight is 330 g/mol. The van der Waals surface area contributed by atoms with Crippen LogP contribution in [-0.2, 0) is 6.54 Å². The summed E-state index contributed by atoms with van der Waals surface area (Å²) in [6.07, 6.45) is 6.58. The van der Waals surface area contributed by atoms with E-state index in [4.69, 9.17) is 5.11 Å². The molecular formula is C18H26N4O2. The lowest BCUT2D eigenvalue weighted by atomic mass is 10.0. The molecule has 0 saturated carbocycles. The minimum Gasteiger partial charge on any atom is -0.396 e. The van der Waals surface area contributed by atoms with Crippen LogP contribution in [-0.4, -0.2) is 51.3 Å². The number of likely N-dealkylation sites (tertiary alicyclic amines) is 1. The van der Waals surface area contributed by atoms with Gasteiger partial charge in [0.05, 0.1) is 17.4 Å². The number of fused-ring (bicyclic) bond motifs is 1. The number of rotatable bonds is 6. The van der Waals surface area contributed by atoms with Crippen molar-refractivity contribution in [2.45, 2.75) is 44.7 Å². The monoisotopic (exact) mass is 330 g/mol. The number of nitrogens with zero attached hydrogens (tertiary/aromatic N) is 3. The molecule has 6 nitrogen and oxygen atoms in total. The van der Waals surface area contributed by atoms with Gasteiger partial charge in [0.25, 0.3) is 0 Å². The number of carbonyl (C=O) groups excluding carboxylic acids is 1. The highest BCUT2D eigenvalue weighted by Crippen LogP contribution is 2.19. The molecule has 1 aliphatic rings. The Morgan fingerprint density at radius 2 is 2.21 bits per heavy atom. The van der Waals surface area contributed by atoms with Crippen LogP contribution in [0.2, 0.25) is 0 Å². The zero-order valence-corrected chi connectivity index (χ0v) is 14.0. The Hall–Kier alpha value is -2.08. The van der Waals surface area contributed by atoms with Crippen molar-refractivity contribution in [3.63, 3.8) is 0 Å². The van der Waals surface area contributed by atoms with Crippen LogP contribution in [0.15, 0.2) is 30.6 Å². The summed E-state index contributed by atoms with van der Waals surface area (Å²) in [7, 11) is 0. The summed E-state index contributed by atoms with van der Waals surface area (Å²) in [6.45, 7) is 2.42. The van der Waals surface area contributed by atoms with Gasteiger partial charge < -0.3 is 19.9 Å². The van der Waals surface area contributed by atoms with Crippen molar-refractivity contribution in [1.82, 2.24) is 19.8 Å². The Kier molecular flexibility index (Phi) is 5.69. The van der Waals surface area contributed by atoms with Crippen molar-refractivity contribution in [2.75, 3.05) is 19.7 Å². The zero-order valence-electron chi connectivity index (χ0n) is 14.0. The van der Waals surface area contributed by atoms with Gasteiger partial charge in [0, 0.05) is 32.3 Å². The maximum Gasteiger partial charge on any atom is 0.317 e. The fraction of sp³-hybridized carbons (Fsp3) is 0.556. The molecule has 0 spiro atoms. The van der Waals surface area contributed by atoms with E-state index in [-0.39, 0.29) is 18.7 Å². The summed E-state index contributed by atoms with van der Waals surface area (Å²) >= 11 is 0. The van der Waals surface area contributed by atoms with Crippen LogP contribution in [0.1, 0.15) is 32.1 Å². The second kappa shape index (κ2) is 8.15. The van der Waals surface area contributed by atoms with Gasteiger partial charge in [-0.2, -0.15) is 0 Å². The number of aromatic nitrogens is 2. The van der Waals surface area contributed by atoms with E-state index in [2.05, 4.69) is 20.9 Å². The summed E-state index contributed by atoms with van der Waals surface area (Å²) < 4.78 is 2.12. The summed E-state index contributed by atoms with van der Waals surface area (Å²) in [4.78, 5) is 18.6. The lowest BCUT2D eigenvalue weighted by Crippen LogP contribution is -2.49. The normalized spacial score (nSPS) is 18.0. The summed E-state index contributed by atoms with van der Waals surface area (Å²) in [5, 5.41) is 12.2. The number of aliphatic hydroxyl groups is 1. The number of imidazole rings is 1. The molecule has 130 valence electrons. The standard InChI is InChI=1S/C18H26N4O2/c23-13-9-15-6-3-4-12-22(15)18(24)19-10-5-11-21-14-20-16-7-1-2-8-17(16)21/h1-2,7-8,14-15,23H,3-6,9-13H2,(H,19,24). The van der Waals surface area contributed by atoms with E-state index in [1.165, 1.54) is 0 Å². The largest absolute Gasteiger partial charge is 0.396 e. The number of piperidine rings is 1. The number of benzene rings is 1. The van der Waals surface area contributed by atoms with Gasteiger partial charge in [-0.1, -0.05) is 12.1 Å². The predicted molar refractivity (Wildman–Crippen MR) is 93.8 cm³/mol. The van der Waals surface area contributed by atoms with Gasteiger partial charge in [-0.15, -0.1) is 0 Å². The molecule has 2 amide bonds. The van der Waals surface area contributed by atoms with E-state index in [1.807, 2.05) is 29.4 Å². The van der Waals surface area contributed by atoms with Gasteiger partial charge in [0.2, 0.25) is 0 Å². The van der Waals surface area contributed by atoms with Crippen LogP contribution in [0.5, 0.6) is 0 Å². The fourth-order valence-electron chi connectivity index (χ4n) is 3.45. The SMILES string of the molecule is O=C(NCCCn1cnc2ccccc21)N1CCCCC1CCO. The highest BCUT2D eigenvalue weighted by molar-refractivity contribution is 5.75. The Balaban J connectivity index is 1.46. The topological polar surface area (TPSA) is 70.4 Å². The first-order valence-electron chi connectivity index (χ1n) is 8.85. The molecule has 2 aromatic rings. The second-order valence-electron chi connectivity index (χ2n) is 6.37. The molecule has 1 aromatic heterocycles. The number of para-hydroxylation sites is 2. The third-order valence-corrected chi connectivity index (χ3v) is 4.73. The minimum absolute atomic E-state index is 0.00337. The highest BCUT2D eigenvalue weighted by Gasteiger charge is 2.25. The number of hydrogen-bond donors (Lipinski definition) is 2. The minimum atomic E-state index is 0.00337. The number of carbonyl (C=O) groups is 1. The summed E-state index contributed by atoms with van der Waals surface area (Å²) in [5.74, 6) is 0. The van der Waals surface area contributed by atoms with Crippen LogP contribution >= 0.6 is 0 Å². The zero-order chi connectivity index (χ0) is 16.8. The first kappa shape index (κ1) is 16.8. The Morgan fingerprint density at radius 1 is 1.33 bits per heavy atom. The molecule has 6 heteroatoms. The van der Waals surface area contributed by atoms with Gasteiger partial charge in [0.1, 0.15) is 0 Å². The molecule has 1 aromatic carbocycles. The third kappa shape index (κ3) is 3.87. The number of aliphatic hydroxyl groups excluding tert-OH is 1. The van der Waals surface area contributed by atoms with Crippen molar-refractivity contribution in [3.05, 3.63) is 30.6 Å². The number of hydrogen-bond acceptors (Lipinski definition) is 3. The van der Waals surface area contributed by atoms with Crippen molar-refractivity contribution < 1.29 is 9.90 Å². The lowest BCUT2D eigenvalue weighted by Gasteiger charge is -2.35. The lowest BCUT2D eigenvalue weighted by molar-refractivity contribution is 0.132. The predicted octanol–water partition coefficient (Wildman–Crippen LogP) is 2.37. The maximum absolute atomic E-state index is 12.4. The van der Waals surface area contributed by atoms with E-state index in [9.17, 15) is 4.79 Å². The molecule has 24 heavy (non-hydrogen) atoms. The molecule has 2 heterocycles. The number of aryl methyl sites for hydroxylation is 1. The average Bonchev–Trinajstić information content (AvgIpc) is 3.02. The fourth-order valence-corrected chi connectivity index (χ4v) is 3.45. The van der Waals surface area contributed by atoms with Crippen molar-refractivity contribution in [2.24, 2.45) is 0 Å². The van der Waals surface area contributed by atoms with Crippen molar-refractivity contribution in [3.8, 4) is 0 Å². The van der Waals surface area contributed by atoms with Gasteiger partial charge in [-0.25, -0.2) is 9.78 Å². The molecule has 1 saturated heterocycles. The number of nitrogens with one attached hydrogen (secondary N) is 1. The van der Waals surface area contributed by atoms with Gasteiger partial charge in [-0.05, 0) is 44.2 Å². The third-order valence-electron chi connectivity index (χ3n) is 4.73. The molecular weight excluding hydrogens is 304 g/mol. The van der Waals surface area contributed by atoms with E-state index in [0.29, 0.717) is 13.0 Å². The van der Waals surface area contributed by atoms with Crippen LogP contribution < -0.4 is 5.32 Å². The van der Waals surface area contributed by atoms with Crippen molar-refractivity contribution >= 4 is 17.1 Å². The maximum atomic E-state index is 12.4. The Morgan fingerprint density at radius 3 is 3.08 bits per heavy atom. The molecule has 0 radical (unpaired) electrons. The molecule has 0 bridgehead atoms. The Bertz CT molecular complexity index is 668. The van der Waals surface area contributed by atoms with Crippen LogP contribution in [0.25, 0.3) is 11.0 Å². The Labute approximate surface area is 142 Å². The van der Waals surface area contributed by atoms with E-state index >= 15 is 0 Å². The highest BCUT2D eigenvalue weighted by atomic mass is 16.3. The first-order chi connectivity index (χ1) is 11.8. The molecule has 1 fully saturated rings. The molecule has 1 unspecified atom stereocenters. The number of amides is 2. The van der Waals surface area contributed by atoms with E-state index in [0.717, 1.165) is 49.8 Å². The second-order valence-corrected chi connectivity index (χ2v) is 6.37. The smallest absolute Gasteiger partial charge is 0.317 e. The molecule has 1 aliphatic heterocycles. The summed E-state index contributed by atoms with van der Waals surface area (Å²) in [6, 6.07) is 8.26. The number of urea groups is 1. The molecule has 2 N–H and O–H groups in total. The van der Waals surface area contributed by atoms with Gasteiger partial charge >= 0.3 is 6.03 Å². The van der Waals surface area contributed by atoms with E-state index in [1.54, 1.807) is 0 Å². The van der Waals surface area contributed by atoms with Crippen LogP contribution in [0.4, 0.5) is 4.79 Å². The molecule has 3 rings (SSSR count). The van der Waals surface area contributed by atoms with Gasteiger partial charge in [0.15, 0.2) is 0 Å². The van der Waals surface area contributed by atoms with Crippen LogP contribution in [0.3, 0.4) is 0 Å². The van der Waals surface area contributed by atoms with Crippen LogP contribution in [0, 0.1) is 0 Å². The first-order valence-corrected chi connectivity index (χ1v) is 8.85. The molecule has 0 aliphatic carbocycles. The quantitative estimate of drug-likeness (QED) is 0.799. The van der Waals surface area contributed by atoms with E-state index < -0.39 is 0 Å². The van der Waals surface area contributed by atoms with Gasteiger partial charge in [-0.3, -0.25) is 0 Å².